The second-order valence-electron chi connectivity index (χ2n) is 6.89. The molecule has 2 aromatic rings. The molecule has 4 bridgehead atoms. The molecule has 0 saturated heterocycles. The number of rotatable bonds is 1. The summed E-state index contributed by atoms with van der Waals surface area (Å²) >= 11 is 0. The Morgan fingerprint density at radius 3 is 2.60 bits per heavy atom. The van der Waals surface area contributed by atoms with Crippen molar-refractivity contribution in [3.8, 4) is 11.5 Å². The molecule has 2 aliphatic heterocycles. The van der Waals surface area contributed by atoms with Gasteiger partial charge in [0.2, 0.25) is 0 Å². The lowest BCUT2D eigenvalue weighted by Crippen LogP contribution is -2.27. The fraction of sp³-hybridized carbons (Fsp3) is 0.667. The lowest BCUT2D eigenvalue weighted by Gasteiger charge is -2.38. The van der Waals surface area contributed by atoms with Crippen molar-refractivity contribution in [2.75, 3.05) is 0 Å². The van der Waals surface area contributed by atoms with Crippen molar-refractivity contribution in [2.45, 2.75) is 51.0 Å². The molecule has 104 valence electrons. The number of imidazole rings is 1. The highest BCUT2D eigenvalue weighted by atomic mass is 15.3. The molecule has 0 aromatic carbocycles. The first-order chi connectivity index (χ1) is 9.79. The largest absolute Gasteiger partial charge is 0.348 e. The van der Waals surface area contributed by atoms with E-state index in [0.29, 0.717) is 12.0 Å². The Kier molecular flexibility index (Phi) is 2.05. The van der Waals surface area contributed by atoms with Crippen LogP contribution in [0.5, 0.6) is 0 Å². The minimum absolute atomic E-state index is 0.599. The molecule has 2 fully saturated rings. The summed E-state index contributed by atoms with van der Waals surface area (Å²) < 4.78 is 2.44. The smallest absolute Gasteiger partial charge is 0.184 e. The summed E-state index contributed by atoms with van der Waals surface area (Å²) in [6.45, 7) is 2.06. The van der Waals surface area contributed by atoms with Gasteiger partial charge in [0.25, 0.3) is 0 Å². The molecule has 2 saturated carbocycles. The predicted molar refractivity (Wildman–Crippen MR) is 74.2 cm³/mol. The fourth-order valence-corrected chi connectivity index (χ4v) is 4.92. The standard InChI is InChI=1S/C15H19N5/c1-8-13(17-7-16-8)15-19-18-14-11-3-9-2-10(4-11)6-12(5-9)20(14)15/h7,9-12H,2-6H2,1H3,(H,16,17). The minimum atomic E-state index is 0.599. The molecule has 1 N–H and O–H groups in total. The SMILES string of the molecule is Cc1[nH]cnc1-c1nnc2n1C1CC3CC(CC2C3)C1. The molecule has 2 unspecified atom stereocenters. The molecule has 2 aromatic heterocycles. The minimum Gasteiger partial charge on any atom is -0.348 e. The summed E-state index contributed by atoms with van der Waals surface area (Å²) in [6.07, 6.45) is 8.48. The van der Waals surface area contributed by atoms with Gasteiger partial charge in [-0.2, -0.15) is 0 Å². The van der Waals surface area contributed by atoms with Crippen LogP contribution in [0.1, 0.15) is 55.6 Å². The monoisotopic (exact) mass is 269 g/mol. The van der Waals surface area contributed by atoms with Crippen molar-refractivity contribution < 1.29 is 0 Å². The molecular formula is C15H19N5. The molecule has 4 heterocycles. The molecule has 0 spiro atoms. The number of H-pyrrole nitrogens is 1. The number of aromatic nitrogens is 5. The van der Waals surface area contributed by atoms with E-state index >= 15 is 0 Å². The van der Waals surface area contributed by atoms with Gasteiger partial charge in [0.1, 0.15) is 11.5 Å². The molecule has 2 atom stereocenters. The van der Waals surface area contributed by atoms with Gasteiger partial charge in [-0.05, 0) is 50.9 Å². The van der Waals surface area contributed by atoms with Crippen LogP contribution in [0.15, 0.2) is 6.33 Å². The van der Waals surface area contributed by atoms with E-state index in [1.165, 1.54) is 37.9 Å². The number of nitrogens with zero attached hydrogens (tertiary/aromatic N) is 4. The van der Waals surface area contributed by atoms with Crippen molar-refractivity contribution >= 4 is 0 Å². The number of hydrogen-bond donors (Lipinski definition) is 1. The Bertz CT molecular complexity index is 656. The molecule has 2 aliphatic carbocycles. The Hall–Kier alpha value is -1.65. The topological polar surface area (TPSA) is 59.4 Å². The first kappa shape index (κ1) is 11.1. The van der Waals surface area contributed by atoms with Crippen LogP contribution in [0.4, 0.5) is 0 Å². The molecule has 5 nitrogen and oxygen atoms in total. The normalized spacial score (nSPS) is 34.2. The zero-order chi connectivity index (χ0) is 13.3. The van der Waals surface area contributed by atoms with Crippen molar-refractivity contribution in [1.29, 1.82) is 0 Å². The van der Waals surface area contributed by atoms with Crippen molar-refractivity contribution in [2.24, 2.45) is 11.8 Å². The molecular weight excluding hydrogens is 250 g/mol. The molecule has 0 radical (unpaired) electrons. The van der Waals surface area contributed by atoms with Gasteiger partial charge in [-0.1, -0.05) is 0 Å². The molecule has 5 heteroatoms. The maximum atomic E-state index is 4.57. The summed E-state index contributed by atoms with van der Waals surface area (Å²) in [5.74, 6) is 4.67. The number of nitrogens with one attached hydrogen (secondary N) is 1. The highest BCUT2D eigenvalue weighted by Crippen LogP contribution is 2.53. The van der Waals surface area contributed by atoms with Gasteiger partial charge in [-0.25, -0.2) is 4.98 Å². The highest BCUT2D eigenvalue weighted by molar-refractivity contribution is 5.53. The molecule has 6 rings (SSSR count). The second kappa shape index (κ2) is 3.71. The van der Waals surface area contributed by atoms with E-state index in [-0.39, 0.29) is 0 Å². The third-order valence-corrected chi connectivity index (χ3v) is 5.61. The van der Waals surface area contributed by atoms with E-state index in [9.17, 15) is 0 Å². The zero-order valence-corrected chi connectivity index (χ0v) is 11.7. The first-order valence-electron chi connectivity index (χ1n) is 7.74. The summed E-state index contributed by atoms with van der Waals surface area (Å²) in [7, 11) is 0. The second-order valence-corrected chi connectivity index (χ2v) is 6.89. The maximum absolute atomic E-state index is 4.57. The van der Waals surface area contributed by atoms with E-state index < -0.39 is 0 Å². The molecule has 20 heavy (non-hydrogen) atoms. The predicted octanol–water partition coefficient (Wildman–Crippen LogP) is 2.83. The van der Waals surface area contributed by atoms with Gasteiger partial charge >= 0.3 is 0 Å². The van der Waals surface area contributed by atoms with Gasteiger partial charge in [0.15, 0.2) is 5.82 Å². The summed E-state index contributed by atoms with van der Waals surface area (Å²) in [5, 5.41) is 9.07. The van der Waals surface area contributed by atoms with Crippen LogP contribution in [0.3, 0.4) is 0 Å². The van der Waals surface area contributed by atoms with Crippen molar-refractivity contribution in [3.63, 3.8) is 0 Å². The van der Waals surface area contributed by atoms with Gasteiger partial charge in [-0.3, -0.25) is 0 Å². The Morgan fingerprint density at radius 2 is 1.90 bits per heavy atom. The summed E-state index contributed by atoms with van der Waals surface area (Å²) in [4.78, 5) is 7.63. The van der Waals surface area contributed by atoms with Gasteiger partial charge in [0, 0.05) is 17.7 Å². The highest BCUT2D eigenvalue weighted by Gasteiger charge is 2.44. The van der Waals surface area contributed by atoms with E-state index in [4.69, 9.17) is 0 Å². The van der Waals surface area contributed by atoms with E-state index in [1.807, 2.05) is 0 Å². The first-order valence-corrected chi connectivity index (χ1v) is 7.74. The van der Waals surface area contributed by atoms with Crippen molar-refractivity contribution in [1.82, 2.24) is 24.7 Å². The van der Waals surface area contributed by atoms with Crippen LogP contribution in [-0.4, -0.2) is 24.7 Å². The average molecular weight is 269 g/mol. The van der Waals surface area contributed by atoms with Gasteiger partial charge < -0.3 is 9.55 Å². The summed E-state index contributed by atoms with van der Waals surface area (Å²) in [6, 6.07) is 0.599. The quantitative estimate of drug-likeness (QED) is 0.866. The maximum Gasteiger partial charge on any atom is 0.184 e. The van der Waals surface area contributed by atoms with Crippen LogP contribution < -0.4 is 0 Å². The van der Waals surface area contributed by atoms with Gasteiger partial charge in [-0.15, -0.1) is 10.2 Å². The Morgan fingerprint density at radius 1 is 1.10 bits per heavy atom. The Labute approximate surface area is 117 Å². The number of aryl methyl sites for hydroxylation is 1. The summed E-state index contributed by atoms with van der Waals surface area (Å²) in [5.41, 5.74) is 2.06. The zero-order valence-electron chi connectivity index (χ0n) is 11.7. The van der Waals surface area contributed by atoms with E-state index in [0.717, 1.165) is 29.0 Å². The lowest BCUT2D eigenvalue weighted by atomic mass is 9.68. The molecule has 0 amide bonds. The van der Waals surface area contributed by atoms with Crippen LogP contribution >= 0.6 is 0 Å². The third kappa shape index (κ3) is 1.35. The fourth-order valence-electron chi connectivity index (χ4n) is 4.92. The number of aromatic amines is 1. The van der Waals surface area contributed by atoms with Crippen LogP contribution in [0.25, 0.3) is 11.5 Å². The van der Waals surface area contributed by atoms with Crippen LogP contribution in [-0.2, 0) is 0 Å². The van der Waals surface area contributed by atoms with Gasteiger partial charge in [0.05, 0.1) is 6.33 Å². The van der Waals surface area contributed by atoms with Crippen LogP contribution in [0.2, 0.25) is 0 Å². The van der Waals surface area contributed by atoms with E-state index in [1.54, 1.807) is 6.33 Å². The lowest BCUT2D eigenvalue weighted by molar-refractivity contribution is 0.150. The average Bonchev–Trinajstić information content (AvgIpc) is 2.98. The van der Waals surface area contributed by atoms with Crippen LogP contribution in [0, 0.1) is 18.8 Å². The molecule has 4 aliphatic rings. The number of hydrogen-bond acceptors (Lipinski definition) is 3. The third-order valence-electron chi connectivity index (χ3n) is 5.61. The Balaban J connectivity index is 1.71. The van der Waals surface area contributed by atoms with E-state index in [2.05, 4.69) is 31.7 Å². The van der Waals surface area contributed by atoms with Crippen molar-refractivity contribution in [3.05, 3.63) is 17.8 Å².